The molecule has 1 amide bonds. The van der Waals surface area contributed by atoms with E-state index in [0.29, 0.717) is 6.42 Å². The third-order valence-corrected chi connectivity index (χ3v) is 2.10. The van der Waals surface area contributed by atoms with Crippen molar-refractivity contribution in [3.05, 3.63) is 0 Å². The van der Waals surface area contributed by atoms with Crippen LogP contribution in [0, 0.1) is 0 Å². The zero-order valence-electron chi connectivity index (χ0n) is 9.67. The number of rotatable bonds is 11. The lowest BCUT2D eigenvalue weighted by Gasteiger charge is -2.03. The molecule has 0 aromatic heterocycles. The molecular formula is C11H23NO3. The van der Waals surface area contributed by atoms with Gasteiger partial charge in [0.1, 0.15) is 0 Å². The minimum absolute atomic E-state index is 0.213. The second-order valence-electron chi connectivity index (χ2n) is 3.59. The maximum absolute atomic E-state index is 10.4. The van der Waals surface area contributed by atoms with Gasteiger partial charge >= 0.3 is 0 Å². The molecular weight excluding hydrogens is 194 g/mol. The van der Waals surface area contributed by atoms with Crippen LogP contribution in [-0.4, -0.2) is 32.8 Å². The van der Waals surface area contributed by atoms with Crippen LogP contribution in [0.4, 0.5) is 0 Å². The fourth-order valence-electron chi connectivity index (χ4n) is 1.23. The van der Waals surface area contributed by atoms with E-state index >= 15 is 0 Å². The van der Waals surface area contributed by atoms with Crippen LogP contribution in [0.15, 0.2) is 0 Å². The van der Waals surface area contributed by atoms with Crippen molar-refractivity contribution in [3.63, 3.8) is 0 Å². The van der Waals surface area contributed by atoms with Crippen LogP contribution in [0.1, 0.15) is 38.5 Å². The molecule has 0 aliphatic heterocycles. The normalized spacial score (nSPS) is 10.5. The van der Waals surface area contributed by atoms with E-state index in [2.05, 4.69) is 0 Å². The Morgan fingerprint density at radius 1 is 1.00 bits per heavy atom. The van der Waals surface area contributed by atoms with Gasteiger partial charge in [0, 0.05) is 33.4 Å². The first-order valence-corrected chi connectivity index (χ1v) is 5.62. The summed E-state index contributed by atoms with van der Waals surface area (Å²) in [4.78, 5) is 10.4. The van der Waals surface area contributed by atoms with Crippen LogP contribution in [-0.2, 0) is 14.3 Å². The van der Waals surface area contributed by atoms with Gasteiger partial charge in [0.2, 0.25) is 5.91 Å². The van der Waals surface area contributed by atoms with Gasteiger partial charge in [-0.3, -0.25) is 4.79 Å². The van der Waals surface area contributed by atoms with Crippen molar-refractivity contribution in [2.75, 3.05) is 26.9 Å². The highest BCUT2D eigenvalue weighted by molar-refractivity contribution is 5.73. The SMILES string of the molecule is COCCCCOCCCCCC(N)=O. The average Bonchev–Trinajstić information content (AvgIpc) is 2.20. The predicted octanol–water partition coefficient (Wildman–Crippen LogP) is 1.48. The van der Waals surface area contributed by atoms with Crippen LogP contribution in [0.5, 0.6) is 0 Å². The van der Waals surface area contributed by atoms with Crippen LogP contribution in [0.25, 0.3) is 0 Å². The molecule has 2 N–H and O–H groups in total. The standard InChI is InChI=1S/C11H23NO3/c1-14-8-5-6-10-15-9-4-2-3-7-11(12)13/h2-10H2,1H3,(H2,12,13). The minimum atomic E-state index is -0.213. The Morgan fingerprint density at radius 3 is 2.20 bits per heavy atom. The first kappa shape index (κ1) is 14.4. The van der Waals surface area contributed by atoms with Crippen molar-refractivity contribution >= 4 is 5.91 Å². The van der Waals surface area contributed by atoms with Gasteiger partial charge in [-0.25, -0.2) is 0 Å². The van der Waals surface area contributed by atoms with E-state index in [9.17, 15) is 4.79 Å². The van der Waals surface area contributed by atoms with Gasteiger partial charge in [-0.1, -0.05) is 6.42 Å². The first-order valence-electron chi connectivity index (χ1n) is 5.62. The molecule has 0 unspecified atom stereocenters. The summed E-state index contributed by atoms with van der Waals surface area (Å²) in [5.41, 5.74) is 5.02. The molecule has 4 heteroatoms. The number of carbonyl (C=O) groups is 1. The molecule has 0 aliphatic rings. The summed E-state index contributed by atoms with van der Waals surface area (Å²) < 4.78 is 10.3. The lowest BCUT2D eigenvalue weighted by atomic mass is 10.2. The second-order valence-corrected chi connectivity index (χ2v) is 3.59. The molecule has 0 spiro atoms. The van der Waals surface area contributed by atoms with Gasteiger partial charge in [0.25, 0.3) is 0 Å². The summed E-state index contributed by atoms with van der Waals surface area (Å²) >= 11 is 0. The molecule has 0 aliphatic carbocycles. The van der Waals surface area contributed by atoms with Crippen molar-refractivity contribution in [1.82, 2.24) is 0 Å². The fourth-order valence-corrected chi connectivity index (χ4v) is 1.23. The molecule has 0 heterocycles. The predicted molar refractivity (Wildman–Crippen MR) is 59.6 cm³/mol. The number of methoxy groups -OCH3 is 1. The minimum Gasteiger partial charge on any atom is -0.385 e. The molecule has 0 aromatic rings. The van der Waals surface area contributed by atoms with Gasteiger partial charge < -0.3 is 15.2 Å². The smallest absolute Gasteiger partial charge is 0.217 e. The summed E-state index contributed by atoms with van der Waals surface area (Å²) in [7, 11) is 1.71. The van der Waals surface area contributed by atoms with E-state index in [4.69, 9.17) is 15.2 Å². The molecule has 0 fully saturated rings. The number of ether oxygens (including phenoxy) is 2. The Labute approximate surface area is 92.1 Å². The highest BCUT2D eigenvalue weighted by Crippen LogP contribution is 2.00. The maximum Gasteiger partial charge on any atom is 0.217 e. The van der Waals surface area contributed by atoms with E-state index in [1.165, 1.54) is 0 Å². The Kier molecular flexibility index (Phi) is 11.0. The summed E-state index contributed by atoms with van der Waals surface area (Å²) in [5.74, 6) is -0.213. The van der Waals surface area contributed by atoms with Crippen molar-refractivity contribution in [1.29, 1.82) is 0 Å². The molecule has 0 atom stereocenters. The molecule has 0 radical (unpaired) electrons. The Balaban J connectivity index is 2.89. The van der Waals surface area contributed by atoms with E-state index in [1.54, 1.807) is 7.11 Å². The van der Waals surface area contributed by atoms with Crippen molar-refractivity contribution < 1.29 is 14.3 Å². The molecule has 4 nitrogen and oxygen atoms in total. The molecule has 0 saturated heterocycles. The van der Waals surface area contributed by atoms with Gasteiger partial charge in [-0.05, 0) is 25.7 Å². The zero-order chi connectivity index (χ0) is 11.4. The van der Waals surface area contributed by atoms with E-state index < -0.39 is 0 Å². The van der Waals surface area contributed by atoms with Crippen LogP contribution in [0.3, 0.4) is 0 Å². The van der Waals surface area contributed by atoms with Crippen LogP contribution in [0.2, 0.25) is 0 Å². The molecule has 0 rings (SSSR count). The lowest BCUT2D eigenvalue weighted by molar-refractivity contribution is -0.118. The first-order chi connectivity index (χ1) is 7.27. The van der Waals surface area contributed by atoms with Crippen molar-refractivity contribution in [2.24, 2.45) is 5.73 Å². The summed E-state index contributed by atoms with van der Waals surface area (Å²) in [6.07, 6.45) is 5.50. The Bertz CT molecular complexity index is 151. The van der Waals surface area contributed by atoms with Crippen LogP contribution < -0.4 is 5.73 Å². The van der Waals surface area contributed by atoms with Crippen LogP contribution >= 0.6 is 0 Å². The fraction of sp³-hybridized carbons (Fsp3) is 0.909. The number of hydrogen-bond acceptors (Lipinski definition) is 3. The van der Waals surface area contributed by atoms with Crippen molar-refractivity contribution in [3.8, 4) is 0 Å². The number of unbranched alkanes of at least 4 members (excludes halogenated alkanes) is 3. The average molecular weight is 217 g/mol. The third-order valence-electron chi connectivity index (χ3n) is 2.10. The zero-order valence-corrected chi connectivity index (χ0v) is 9.67. The topological polar surface area (TPSA) is 61.6 Å². The lowest BCUT2D eigenvalue weighted by Crippen LogP contribution is -2.09. The number of amides is 1. The number of nitrogens with two attached hydrogens (primary N) is 1. The van der Waals surface area contributed by atoms with Gasteiger partial charge in [-0.15, -0.1) is 0 Å². The third kappa shape index (κ3) is 13.4. The summed E-state index contributed by atoms with van der Waals surface area (Å²) in [6.45, 7) is 2.40. The van der Waals surface area contributed by atoms with Gasteiger partial charge in [0.15, 0.2) is 0 Å². The largest absolute Gasteiger partial charge is 0.385 e. The highest BCUT2D eigenvalue weighted by Gasteiger charge is 1.94. The van der Waals surface area contributed by atoms with Crippen molar-refractivity contribution in [2.45, 2.75) is 38.5 Å². The molecule has 15 heavy (non-hydrogen) atoms. The quantitative estimate of drug-likeness (QED) is 0.533. The number of carbonyl (C=O) groups excluding carboxylic acids is 1. The van der Waals surface area contributed by atoms with E-state index in [-0.39, 0.29) is 5.91 Å². The summed E-state index contributed by atoms with van der Waals surface area (Å²) in [5, 5.41) is 0. The molecule has 0 bridgehead atoms. The number of hydrogen-bond donors (Lipinski definition) is 1. The van der Waals surface area contributed by atoms with E-state index in [0.717, 1.165) is 51.9 Å². The monoisotopic (exact) mass is 217 g/mol. The molecule has 0 aromatic carbocycles. The van der Waals surface area contributed by atoms with Gasteiger partial charge in [-0.2, -0.15) is 0 Å². The van der Waals surface area contributed by atoms with E-state index in [1.807, 2.05) is 0 Å². The second kappa shape index (κ2) is 11.5. The Morgan fingerprint density at radius 2 is 1.60 bits per heavy atom. The Hall–Kier alpha value is -0.610. The summed E-state index contributed by atoms with van der Waals surface area (Å²) in [6, 6.07) is 0. The number of primary amides is 1. The highest BCUT2D eigenvalue weighted by atomic mass is 16.5. The maximum atomic E-state index is 10.4. The molecule has 90 valence electrons. The van der Waals surface area contributed by atoms with Gasteiger partial charge in [0.05, 0.1) is 0 Å². The molecule has 0 saturated carbocycles.